The number of halogens is 1. The molecule has 0 saturated heterocycles. The Morgan fingerprint density at radius 2 is 1.96 bits per heavy atom. The van der Waals surface area contributed by atoms with E-state index < -0.39 is 0 Å². The van der Waals surface area contributed by atoms with Crippen LogP contribution in [0.25, 0.3) is 0 Å². The molecule has 3 rings (SSSR count). The van der Waals surface area contributed by atoms with Gasteiger partial charge in [0.25, 0.3) is 5.91 Å². The molecule has 0 radical (unpaired) electrons. The molecule has 2 N–H and O–H groups in total. The van der Waals surface area contributed by atoms with Gasteiger partial charge in [0.15, 0.2) is 0 Å². The average Bonchev–Trinajstić information content (AvgIpc) is 2.63. The molecule has 0 unspecified atom stereocenters. The molecule has 1 amide bonds. The summed E-state index contributed by atoms with van der Waals surface area (Å²) in [5.41, 5.74) is 3.29. The molecule has 0 aliphatic rings. The minimum Gasteiger partial charge on any atom is -0.364 e. The van der Waals surface area contributed by atoms with Gasteiger partial charge in [-0.05, 0) is 64.8 Å². The number of amides is 1. The van der Waals surface area contributed by atoms with E-state index in [0.717, 1.165) is 21.4 Å². The maximum Gasteiger partial charge on any atom is 0.255 e. The number of aromatic nitrogens is 2. The lowest BCUT2D eigenvalue weighted by Crippen LogP contribution is -2.13. The molecule has 0 fully saturated rings. The highest BCUT2D eigenvalue weighted by atomic mass is 79.9. The van der Waals surface area contributed by atoms with E-state index in [4.69, 9.17) is 0 Å². The van der Waals surface area contributed by atoms with E-state index in [-0.39, 0.29) is 5.91 Å². The standard InChI is InChI=1S/C19H17BrN4O/c1-13-5-6-17(16(20)10-13)24-19(25)14-7-9-22-18(11-14)23-12-15-4-2-3-8-21-15/h2-11H,12H2,1H3,(H,22,23)(H,24,25). The topological polar surface area (TPSA) is 66.9 Å². The lowest BCUT2D eigenvalue weighted by molar-refractivity contribution is 0.102. The van der Waals surface area contributed by atoms with E-state index in [1.807, 2.05) is 43.3 Å². The van der Waals surface area contributed by atoms with Crippen LogP contribution in [0.4, 0.5) is 11.5 Å². The van der Waals surface area contributed by atoms with Crippen LogP contribution < -0.4 is 10.6 Å². The second-order valence-electron chi connectivity index (χ2n) is 5.54. The number of benzene rings is 1. The van der Waals surface area contributed by atoms with Gasteiger partial charge in [-0.25, -0.2) is 4.98 Å². The number of pyridine rings is 2. The van der Waals surface area contributed by atoms with Crippen molar-refractivity contribution in [1.29, 1.82) is 0 Å². The monoisotopic (exact) mass is 396 g/mol. The van der Waals surface area contributed by atoms with E-state index in [1.165, 1.54) is 0 Å². The number of carbonyl (C=O) groups is 1. The quantitative estimate of drug-likeness (QED) is 0.669. The number of anilines is 2. The minimum absolute atomic E-state index is 0.187. The largest absolute Gasteiger partial charge is 0.364 e. The summed E-state index contributed by atoms with van der Waals surface area (Å²) in [6, 6.07) is 14.9. The molecule has 2 heterocycles. The first-order valence-corrected chi connectivity index (χ1v) is 8.58. The van der Waals surface area contributed by atoms with Gasteiger partial charge in [-0.3, -0.25) is 9.78 Å². The summed E-state index contributed by atoms with van der Waals surface area (Å²) in [6.45, 7) is 2.54. The summed E-state index contributed by atoms with van der Waals surface area (Å²) in [6.07, 6.45) is 3.35. The Balaban J connectivity index is 1.69. The fraction of sp³-hybridized carbons (Fsp3) is 0.105. The first-order valence-electron chi connectivity index (χ1n) is 7.79. The van der Waals surface area contributed by atoms with Gasteiger partial charge in [-0.15, -0.1) is 0 Å². The molecule has 5 nitrogen and oxygen atoms in total. The molecular formula is C19H17BrN4O. The summed E-state index contributed by atoms with van der Waals surface area (Å²) in [4.78, 5) is 21.0. The highest BCUT2D eigenvalue weighted by Gasteiger charge is 2.09. The lowest BCUT2D eigenvalue weighted by Gasteiger charge is -2.10. The maximum absolute atomic E-state index is 12.5. The molecule has 0 aliphatic heterocycles. The Morgan fingerprint density at radius 3 is 2.72 bits per heavy atom. The highest BCUT2D eigenvalue weighted by molar-refractivity contribution is 9.10. The van der Waals surface area contributed by atoms with Crippen LogP contribution >= 0.6 is 15.9 Å². The molecule has 0 atom stereocenters. The van der Waals surface area contributed by atoms with Crippen molar-refractivity contribution < 1.29 is 4.79 Å². The third-order valence-corrected chi connectivity index (χ3v) is 4.23. The smallest absolute Gasteiger partial charge is 0.255 e. The number of rotatable bonds is 5. The summed E-state index contributed by atoms with van der Waals surface area (Å²) in [5.74, 6) is 0.439. The second kappa shape index (κ2) is 7.90. The van der Waals surface area contributed by atoms with Crippen molar-refractivity contribution >= 4 is 33.3 Å². The van der Waals surface area contributed by atoms with Crippen LogP contribution in [0.5, 0.6) is 0 Å². The Labute approximate surface area is 154 Å². The second-order valence-corrected chi connectivity index (χ2v) is 6.40. The molecule has 6 heteroatoms. The Morgan fingerprint density at radius 1 is 1.08 bits per heavy atom. The van der Waals surface area contributed by atoms with Gasteiger partial charge in [0.2, 0.25) is 0 Å². The fourth-order valence-corrected chi connectivity index (χ4v) is 2.86. The van der Waals surface area contributed by atoms with Gasteiger partial charge >= 0.3 is 0 Å². The fourth-order valence-electron chi connectivity index (χ4n) is 2.27. The van der Waals surface area contributed by atoms with Gasteiger partial charge in [0, 0.05) is 22.4 Å². The zero-order chi connectivity index (χ0) is 17.6. The number of aryl methyl sites for hydroxylation is 1. The van der Waals surface area contributed by atoms with Crippen LogP contribution in [0, 0.1) is 6.92 Å². The van der Waals surface area contributed by atoms with Gasteiger partial charge in [0.1, 0.15) is 5.82 Å². The number of hydrogen-bond donors (Lipinski definition) is 2. The van der Waals surface area contributed by atoms with Crippen LogP contribution in [-0.2, 0) is 6.54 Å². The molecule has 0 saturated carbocycles. The van der Waals surface area contributed by atoms with Crippen molar-refractivity contribution in [3.8, 4) is 0 Å². The van der Waals surface area contributed by atoms with Crippen molar-refractivity contribution in [1.82, 2.24) is 9.97 Å². The van der Waals surface area contributed by atoms with E-state index in [1.54, 1.807) is 24.5 Å². The van der Waals surface area contributed by atoms with E-state index in [0.29, 0.717) is 17.9 Å². The van der Waals surface area contributed by atoms with Gasteiger partial charge in [-0.2, -0.15) is 0 Å². The van der Waals surface area contributed by atoms with Crippen molar-refractivity contribution in [3.63, 3.8) is 0 Å². The van der Waals surface area contributed by atoms with Crippen LogP contribution in [0.1, 0.15) is 21.6 Å². The summed E-state index contributed by atoms with van der Waals surface area (Å²) < 4.78 is 0.850. The molecule has 0 bridgehead atoms. The molecular weight excluding hydrogens is 380 g/mol. The highest BCUT2D eigenvalue weighted by Crippen LogP contribution is 2.24. The summed E-state index contributed by atoms with van der Waals surface area (Å²) in [7, 11) is 0. The van der Waals surface area contributed by atoms with Gasteiger partial charge < -0.3 is 10.6 Å². The van der Waals surface area contributed by atoms with Crippen LogP contribution in [0.3, 0.4) is 0 Å². The molecule has 126 valence electrons. The number of carbonyl (C=O) groups excluding carboxylic acids is 1. The average molecular weight is 397 g/mol. The predicted octanol–water partition coefficient (Wildman–Crippen LogP) is 4.41. The molecule has 1 aromatic carbocycles. The molecule has 25 heavy (non-hydrogen) atoms. The van der Waals surface area contributed by atoms with E-state index in [2.05, 4.69) is 36.5 Å². The normalized spacial score (nSPS) is 10.3. The zero-order valence-electron chi connectivity index (χ0n) is 13.7. The van der Waals surface area contributed by atoms with E-state index in [9.17, 15) is 4.79 Å². The maximum atomic E-state index is 12.5. The minimum atomic E-state index is -0.187. The predicted molar refractivity (Wildman–Crippen MR) is 103 cm³/mol. The molecule has 3 aromatic rings. The van der Waals surface area contributed by atoms with Crippen molar-refractivity contribution in [2.75, 3.05) is 10.6 Å². The summed E-state index contributed by atoms with van der Waals surface area (Å²) >= 11 is 3.47. The lowest BCUT2D eigenvalue weighted by atomic mass is 10.2. The SMILES string of the molecule is Cc1ccc(NC(=O)c2ccnc(NCc3ccccn3)c2)c(Br)c1. The van der Waals surface area contributed by atoms with Crippen molar-refractivity contribution in [2.24, 2.45) is 0 Å². The molecule has 2 aromatic heterocycles. The first kappa shape index (κ1) is 17.1. The van der Waals surface area contributed by atoms with Gasteiger partial charge in [0.05, 0.1) is 17.9 Å². The van der Waals surface area contributed by atoms with Crippen LogP contribution in [0.15, 0.2) is 65.4 Å². The van der Waals surface area contributed by atoms with Crippen molar-refractivity contribution in [3.05, 3.63) is 82.2 Å². The Kier molecular flexibility index (Phi) is 5.40. The third-order valence-electron chi connectivity index (χ3n) is 3.57. The first-order chi connectivity index (χ1) is 12.1. The van der Waals surface area contributed by atoms with Crippen LogP contribution in [0.2, 0.25) is 0 Å². The van der Waals surface area contributed by atoms with Crippen LogP contribution in [-0.4, -0.2) is 15.9 Å². The zero-order valence-corrected chi connectivity index (χ0v) is 15.2. The number of hydrogen-bond acceptors (Lipinski definition) is 4. The Bertz CT molecular complexity index is 884. The third kappa shape index (κ3) is 4.64. The summed E-state index contributed by atoms with van der Waals surface area (Å²) in [5, 5.41) is 6.08. The van der Waals surface area contributed by atoms with Gasteiger partial charge in [-0.1, -0.05) is 12.1 Å². The van der Waals surface area contributed by atoms with Crippen molar-refractivity contribution in [2.45, 2.75) is 13.5 Å². The number of nitrogens with zero attached hydrogens (tertiary/aromatic N) is 2. The Hall–Kier alpha value is -2.73. The van der Waals surface area contributed by atoms with E-state index >= 15 is 0 Å². The molecule has 0 spiro atoms. The number of nitrogens with one attached hydrogen (secondary N) is 2. The molecule has 0 aliphatic carbocycles.